The molecule has 2 aliphatic rings. The van der Waals surface area contributed by atoms with Crippen molar-refractivity contribution in [2.45, 2.75) is 25.9 Å². The third-order valence-electron chi connectivity index (χ3n) is 5.05. The Morgan fingerprint density at radius 1 is 1.07 bits per heavy atom. The number of likely N-dealkylation sites (tertiary alicyclic amines) is 1. The monoisotopic (exact) mass is 413 g/mol. The van der Waals surface area contributed by atoms with Crippen LogP contribution in [0, 0.1) is 11.8 Å². The van der Waals surface area contributed by atoms with Crippen LogP contribution < -0.4 is 10.6 Å². The number of urea groups is 1. The quantitative estimate of drug-likeness (QED) is 0.409. The molecule has 3 atom stereocenters. The molecule has 1 aliphatic carbocycles. The Bertz CT molecular complexity index is 856. The molecule has 1 aromatic carbocycles. The molecule has 0 saturated carbocycles. The highest BCUT2D eigenvalue weighted by atomic mass is 16.5. The molecule has 0 aromatic heterocycles. The molecule has 30 heavy (non-hydrogen) atoms. The van der Waals surface area contributed by atoms with Gasteiger partial charge in [0.1, 0.15) is 6.54 Å². The van der Waals surface area contributed by atoms with E-state index in [0.29, 0.717) is 24.9 Å². The first-order valence-electron chi connectivity index (χ1n) is 9.75. The molecule has 1 aromatic rings. The summed E-state index contributed by atoms with van der Waals surface area (Å²) in [5.74, 6) is -3.48. The van der Waals surface area contributed by atoms with Gasteiger partial charge in [-0.3, -0.25) is 29.4 Å². The SMILES string of the molecule is CCNC(=O)NC(=O)[C@@H](OC(=O)CN1C(=O)[C@H]2CC=CC[C@H]2C1=O)c1ccccc1. The van der Waals surface area contributed by atoms with Crippen molar-refractivity contribution in [3.8, 4) is 0 Å². The van der Waals surface area contributed by atoms with E-state index in [1.54, 1.807) is 37.3 Å². The Labute approximate surface area is 173 Å². The smallest absolute Gasteiger partial charge is 0.327 e. The highest BCUT2D eigenvalue weighted by Gasteiger charge is 2.48. The van der Waals surface area contributed by atoms with Gasteiger partial charge in [0.25, 0.3) is 5.91 Å². The van der Waals surface area contributed by atoms with Crippen molar-refractivity contribution in [3.05, 3.63) is 48.0 Å². The van der Waals surface area contributed by atoms with Gasteiger partial charge in [0.2, 0.25) is 17.9 Å². The minimum absolute atomic E-state index is 0.311. The summed E-state index contributed by atoms with van der Waals surface area (Å²) in [4.78, 5) is 62.7. The number of hydrogen-bond donors (Lipinski definition) is 2. The predicted octanol–water partition coefficient (Wildman–Crippen LogP) is 1.07. The van der Waals surface area contributed by atoms with Crippen LogP contribution in [0.4, 0.5) is 4.79 Å². The number of imide groups is 2. The first-order chi connectivity index (χ1) is 14.4. The second kappa shape index (κ2) is 9.34. The summed E-state index contributed by atoms with van der Waals surface area (Å²) < 4.78 is 5.30. The molecule has 3 rings (SSSR count). The van der Waals surface area contributed by atoms with E-state index < -0.39 is 54.2 Å². The van der Waals surface area contributed by atoms with E-state index in [9.17, 15) is 24.0 Å². The maximum Gasteiger partial charge on any atom is 0.327 e. The molecule has 9 heteroatoms. The summed E-state index contributed by atoms with van der Waals surface area (Å²) in [5, 5.41) is 4.53. The van der Waals surface area contributed by atoms with Gasteiger partial charge in [-0.2, -0.15) is 0 Å². The number of fused-ring (bicyclic) bond motifs is 1. The first-order valence-corrected chi connectivity index (χ1v) is 9.75. The zero-order chi connectivity index (χ0) is 21.7. The van der Waals surface area contributed by atoms with Crippen LogP contribution in [-0.2, 0) is 23.9 Å². The number of ether oxygens (including phenoxy) is 1. The molecular weight excluding hydrogens is 390 g/mol. The van der Waals surface area contributed by atoms with Crippen molar-refractivity contribution >= 4 is 29.7 Å². The summed E-state index contributed by atoms with van der Waals surface area (Å²) in [7, 11) is 0. The third-order valence-corrected chi connectivity index (χ3v) is 5.05. The third kappa shape index (κ3) is 4.56. The zero-order valence-corrected chi connectivity index (χ0v) is 16.5. The maximum absolute atomic E-state index is 12.5. The highest BCUT2D eigenvalue weighted by Crippen LogP contribution is 2.35. The first kappa shape index (κ1) is 21.2. The van der Waals surface area contributed by atoms with Crippen molar-refractivity contribution < 1.29 is 28.7 Å². The van der Waals surface area contributed by atoms with Gasteiger partial charge in [-0.1, -0.05) is 42.5 Å². The number of allylic oxidation sites excluding steroid dienone is 2. The second-order valence-corrected chi connectivity index (χ2v) is 7.05. The molecular formula is C21H23N3O6. The average Bonchev–Trinajstić information content (AvgIpc) is 2.98. The van der Waals surface area contributed by atoms with E-state index in [-0.39, 0.29) is 0 Å². The number of rotatable bonds is 6. The number of amides is 5. The number of nitrogens with one attached hydrogen (secondary N) is 2. The molecule has 0 spiro atoms. The lowest BCUT2D eigenvalue weighted by molar-refractivity contribution is -0.160. The van der Waals surface area contributed by atoms with Crippen LogP contribution in [0.25, 0.3) is 0 Å². The lowest BCUT2D eigenvalue weighted by Crippen LogP contribution is -2.43. The molecule has 1 aliphatic heterocycles. The number of esters is 1. The van der Waals surface area contributed by atoms with E-state index in [4.69, 9.17) is 4.74 Å². The Balaban J connectivity index is 1.70. The summed E-state index contributed by atoms with van der Waals surface area (Å²) in [6.07, 6.45) is 3.22. The average molecular weight is 413 g/mol. The van der Waals surface area contributed by atoms with Crippen LogP contribution in [-0.4, -0.2) is 47.7 Å². The van der Waals surface area contributed by atoms with Crippen molar-refractivity contribution in [1.29, 1.82) is 0 Å². The number of carbonyl (C=O) groups excluding carboxylic acids is 5. The molecule has 0 radical (unpaired) electrons. The van der Waals surface area contributed by atoms with Crippen molar-refractivity contribution in [3.63, 3.8) is 0 Å². The fraction of sp³-hybridized carbons (Fsp3) is 0.381. The zero-order valence-electron chi connectivity index (χ0n) is 16.5. The highest BCUT2D eigenvalue weighted by molar-refractivity contribution is 6.07. The Morgan fingerprint density at radius 3 is 2.23 bits per heavy atom. The standard InChI is InChI=1S/C21H23N3O6/c1-2-22-21(29)23-18(26)17(13-8-4-3-5-9-13)30-16(25)12-24-19(27)14-10-6-7-11-15(14)20(24)28/h3-9,14-15,17H,2,10-12H2,1H3,(H2,22,23,26,29)/t14-,15+,17-/m0/s1. The van der Waals surface area contributed by atoms with Crippen LogP contribution in [0.15, 0.2) is 42.5 Å². The predicted molar refractivity (Wildman–Crippen MR) is 105 cm³/mol. The molecule has 1 heterocycles. The van der Waals surface area contributed by atoms with Crippen LogP contribution in [0.5, 0.6) is 0 Å². The maximum atomic E-state index is 12.5. The topological polar surface area (TPSA) is 122 Å². The van der Waals surface area contributed by atoms with Gasteiger partial charge < -0.3 is 10.1 Å². The normalized spacial score (nSPS) is 21.0. The van der Waals surface area contributed by atoms with E-state index >= 15 is 0 Å². The van der Waals surface area contributed by atoms with Crippen LogP contribution in [0.3, 0.4) is 0 Å². The molecule has 1 fully saturated rings. The minimum atomic E-state index is -1.40. The largest absolute Gasteiger partial charge is 0.446 e. The van der Waals surface area contributed by atoms with Crippen LogP contribution in [0.2, 0.25) is 0 Å². The van der Waals surface area contributed by atoms with Crippen LogP contribution >= 0.6 is 0 Å². The van der Waals surface area contributed by atoms with Crippen molar-refractivity contribution in [2.75, 3.05) is 13.1 Å². The van der Waals surface area contributed by atoms with Gasteiger partial charge in [0, 0.05) is 12.1 Å². The molecule has 5 amide bonds. The Hall–Kier alpha value is -3.49. The Kier molecular flexibility index (Phi) is 6.61. The van der Waals surface area contributed by atoms with E-state index in [1.165, 1.54) is 0 Å². The number of carbonyl (C=O) groups is 5. The van der Waals surface area contributed by atoms with Gasteiger partial charge in [0.05, 0.1) is 11.8 Å². The van der Waals surface area contributed by atoms with E-state index in [1.807, 2.05) is 12.2 Å². The van der Waals surface area contributed by atoms with Crippen LogP contribution in [0.1, 0.15) is 31.4 Å². The molecule has 9 nitrogen and oxygen atoms in total. The van der Waals surface area contributed by atoms with Gasteiger partial charge in [-0.05, 0) is 19.8 Å². The summed E-state index contributed by atoms with van der Waals surface area (Å²) >= 11 is 0. The fourth-order valence-corrected chi connectivity index (χ4v) is 3.61. The summed E-state index contributed by atoms with van der Waals surface area (Å²) in [6.45, 7) is 1.42. The van der Waals surface area contributed by atoms with Crippen molar-refractivity contribution in [1.82, 2.24) is 15.5 Å². The molecule has 1 saturated heterocycles. The number of benzene rings is 1. The van der Waals surface area contributed by atoms with Gasteiger partial charge in [-0.15, -0.1) is 0 Å². The molecule has 0 bridgehead atoms. The molecule has 0 unspecified atom stereocenters. The van der Waals surface area contributed by atoms with E-state index in [0.717, 1.165) is 4.90 Å². The lowest BCUT2D eigenvalue weighted by atomic mass is 9.85. The van der Waals surface area contributed by atoms with Gasteiger partial charge >= 0.3 is 12.0 Å². The van der Waals surface area contributed by atoms with Gasteiger partial charge in [-0.25, -0.2) is 4.79 Å². The van der Waals surface area contributed by atoms with Crippen molar-refractivity contribution in [2.24, 2.45) is 11.8 Å². The minimum Gasteiger partial charge on any atom is -0.446 e. The lowest BCUT2D eigenvalue weighted by Gasteiger charge is -2.20. The molecule has 2 N–H and O–H groups in total. The number of hydrogen-bond acceptors (Lipinski definition) is 6. The molecule has 158 valence electrons. The van der Waals surface area contributed by atoms with Gasteiger partial charge in [0.15, 0.2) is 0 Å². The summed E-state index contributed by atoms with van der Waals surface area (Å²) in [5.41, 5.74) is 0.351. The number of nitrogens with zero attached hydrogens (tertiary/aromatic N) is 1. The summed E-state index contributed by atoms with van der Waals surface area (Å²) in [6, 6.07) is 7.45. The fourth-order valence-electron chi connectivity index (χ4n) is 3.61. The van der Waals surface area contributed by atoms with E-state index in [2.05, 4.69) is 10.6 Å². The second-order valence-electron chi connectivity index (χ2n) is 7.05. The Morgan fingerprint density at radius 2 is 1.67 bits per heavy atom.